The van der Waals surface area contributed by atoms with Crippen LogP contribution in [-0.2, 0) is 39.6 Å². The van der Waals surface area contributed by atoms with Gasteiger partial charge in [-0.1, -0.05) is 12.1 Å². The number of halogens is 11. The quantitative estimate of drug-likeness (QED) is 0.0317. The van der Waals surface area contributed by atoms with Crippen molar-refractivity contribution < 1.29 is 54.8 Å². The number of nitrogens with zero attached hydrogens (tertiary/aromatic N) is 7. The molecular weight excluding hydrogens is 1220 g/mol. The van der Waals surface area contributed by atoms with E-state index in [-0.39, 0.29) is 64.8 Å². The number of carbonyl (C=O) groups excluding carboxylic acids is 3. The number of alkyl halides is 4. The van der Waals surface area contributed by atoms with Crippen molar-refractivity contribution in [2.45, 2.75) is 32.1 Å². The summed E-state index contributed by atoms with van der Waals surface area (Å²) in [7, 11) is 20.1. The van der Waals surface area contributed by atoms with E-state index in [1.54, 1.807) is 30.3 Å². The Morgan fingerprint density at radius 3 is 1.68 bits per heavy atom. The molecular formula is C38H32Cl11N7O10S2Ti. The Bertz CT molecular complexity index is 2710. The van der Waals surface area contributed by atoms with Crippen molar-refractivity contribution in [1.82, 2.24) is 22.5 Å². The molecule has 6 heterocycles. The number of fused-ring (bicyclic) bond motifs is 2. The van der Waals surface area contributed by atoms with Gasteiger partial charge in [-0.15, -0.1) is 46.4 Å². The molecule has 0 fully saturated rings. The minimum atomic E-state index is -3.11. The first-order chi connectivity index (χ1) is 32.7. The molecule has 1 amide bonds. The number of hydrazone groups is 1. The summed E-state index contributed by atoms with van der Waals surface area (Å²) >= 11 is 35.2. The molecule has 0 aliphatic carbocycles. The summed E-state index contributed by atoms with van der Waals surface area (Å²) < 4.78 is 31.0. The van der Waals surface area contributed by atoms with Crippen LogP contribution in [0, 0.1) is 10.1 Å². The van der Waals surface area contributed by atoms with Crippen LogP contribution in [0.1, 0.15) is 46.7 Å². The van der Waals surface area contributed by atoms with Gasteiger partial charge in [0, 0.05) is 31.0 Å². The fourth-order valence-corrected chi connectivity index (χ4v) is 6.58. The Labute approximate surface area is 454 Å². The van der Waals surface area contributed by atoms with Gasteiger partial charge in [0.1, 0.15) is 32.7 Å². The first-order valence-electron chi connectivity index (χ1n) is 18.6. The normalized spacial score (nSPS) is 11.3. The Balaban J connectivity index is 0.000000305. The Morgan fingerprint density at radius 1 is 0.754 bits per heavy atom. The van der Waals surface area contributed by atoms with Gasteiger partial charge < -0.3 is 18.4 Å². The fourth-order valence-electron chi connectivity index (χ4n) is 4.72. The minimum absolute atomic E-state index is 0.0352. The summed E-state index contributed by atoms with van der Waals surface area (Å²) in [5.74, 6) is 0.287. The summed E-state index contributed by atoms with van der Waals surface area (Å²) in [6.45, 7) is 0.549. The van der Waals surface area contributed by atoms with E-state index in [9.17, 15) is 29.3 Å². The van der Waals surface area contributed by atoms with Crippen LogP contribution in [0.5, 0.6) is 0 Å². The summed E-state index contributed by atoms with van der Waals surface area (Å²) in [5, 5.41) is 24.5. The third-order valence-electron chi connectivity index (χ3n) is 7.44. The van der Waals surface area contributed by atoms with Crippen LogP contribution >= 0.6 is 142 Å². The monoisotopic (exact) mass is 1240 g/mol. The molecule has 0 saturated carbocycles. The van der Waals surface area contributed by atoms with Gasteiger partial charge in [-0.05, 0) is 101 Å². The number of Topliss-reactive ketones (excluding diaryl/α,β-unsaturated/α-hetero) is 1. The Morgan fingerprint density at radius 2 is 1.28 bits per heavy atom. The van der Waals surface area contributed by atoms with Crippen LogP contribution in [-0.4, -0.2) is 84.8 Å². The molecule has 7 aromatic rings. The number of nitro groups is 1. The van der Waals surface area contributed by atoms with E-state index < -0.39 is 23.2 Å². The zero-order chi connectivity index (χ0) is 51.5. The number of carbonyl (C=O) groups is 4. The van der Waals surface area contributed by atoms with Gasteiger partial charge in [0.25, 0.3) is 0 Å². The number of hydrogen-bond acceptors (Lipinski definition) is 16. The number of aromatic nitrogens is 4. The molecule has 1 N–H and O–H groups in total. The van der Waals surface area contributed by atoms with Crippen molar-refractivity contribution in [3.63, 3.8) is 0 Å². The van der Waals surface area contributed by atoms with E-state index in [1.165, 1.54) is 47.3 Å². The average Bonchev–Trinajstić information content (AvgIpc) is 4.13. The molecule has 0 atom stereocenters. The molecule has 0 spiro atoms. The van der Waals surface area contributed by atoms with E-state index in [1.807, 2.05) is 18.2 Å². The van der Waals surface area contributed by atoms with Crippen molar-refractivity contribution >= 4 is 198 Å². The number of rotatable bonds is 11. The molecule has 2 aromatic carbocycles. The van der Waals surface area contributed by atoms with Crippen molar-refractivity contribution in [3.8, 4) is 0 Å². The van der Waals surface area contributed by atoms with Gasteiger partial charge in [0.15, 0.2) is 27.7 Å². The maximum absolute atomic E-state index is 12.4. The number of carboxylic acid groups (broad SMARTS) is 1. The third-order valence-corrected chi connectivity index (χ3v) is 9.53. The van der Waals surface area contributed by atoms with Crippen LogP contribution in [0.3, 0.4) is 0 Å². The Hall–Kier alpha value is -2.83. The molecule has 0 saturated heterocycles. The number of aliphatic carboxylic acids is 1. The molecule has 31 heteroatoms. The maximum atomic E-state index is 12.4. The van der Waals surface area contributed by atoms with Gasteiger partial charge in [-0.2, -0.15) is 22.6 Å². The molecule has 17 nitrogen and oxygen atoms in total. The van der Waals surface area contributed by atoms with Crippen LogP contribution in [0.2, 0.25) is 10.4 Å². The topological polar surface area (TPSA) is 238 Å². The molecule has 0 unspecified atom stereocenters. The van der Waals surface area contributed by atoms with E-state index >= 15 is 0 Å². The number of ketones is 1. The SMILES string of the molecule is ClCCl.O=C(CCCl)c1ccc(Cl)o1.O=C(Cc1ccc2nsnc2c1)N1CCC(c2ccc(Cl)o2)=N1.O=C(Cl)CCCl.O=C(O)Cc1ccc2nsnc2c1.O=[N+]([O-])c1ccco1.[Cl][Ti]([Cl])([Cl])[Cl]. The molecule has 5 aromatic heterocycles. The van der Waals surface area contributed by atoms with Crippen molar-refractivity contribution in [1.29, 1.82) is 0 Å². The third kappa shape index (κ3) is 26.4. The van der Waals surface area contributed by atoms with Crippen LogP contribution in [0.15, 0.2) is 97.4 Å². The van der Waals surface area contributed by atoms with E-state index in [4.69, 9.17) is 132 Å². The summed E-state index contributed by atoms with van der Waals surface area (Å²) in [5.41, 5.74) is 5.65. The van der Waals surface area contributed by atoms with Gasteiger partial charge in [-0.3, -0.25) is 29.3 Å². The summed E-state index contributed by atoms with van der Waals surface area (Å²) in [6.07, 6.45) is 2.79. The van der Waals surface area contributed by atoms with E-state index in [0.717, 1.165) is 50.6 Å². The van der Waals surface area contributed by atoms with E-state index in [2.05, 4.69) is 27.0 Å². The molecule has 0 bridgehead atoms. The predicted octanol–water partition coefficient (Wildman–Crippen LogP) is 13.9. The molecule has 69 heavy (non-hydrogen) atoms. The van der Waals surface area contributed by atoms with Crippen LogP contribution in [0.25, 0.3) is 22.1 Å². The van der Waals surface area contributed by atoms with Gasteiger partial charge in [0.05, 0.1) is 60.5 Å². The predicted molar refractivity (Wildman–Crippen MR) is 271 cm³/mol. The van der Waals surface area contributed by atoms with Crippen LogP contribution < -0.4 is 0 Å². The molecule has 1 aliphatic heterocycles. The van der Waals surface area contributed by atoms with Gasteiger partial charge in [0.2, 0.25) is 11.1 Å². The number of furan rings is 3. The second-order valence-electron chi connectivity index (χ2n) is 12.3. The molecule has 0 radical (unpaired) electrons. The molecule has 1 aliphatic rings. The zero-order valence-corrected chi connectivity index (χ0v) is 46.1. The van der Waals surface area contributed by atoms with Gasteiger partial charge >= 0.3 is 61.4 Å². The zero-order valence-electron chi connectivity index (χ0n) is 34.6. The summed E-state index contributed by atoms with van der Waals surface area (Å²) in [6, 6.07) is 20.2. The average molecular weight is 1250 g/mol. The Kier molecular flexibility index (Phi) is 30.5. The molecule has 372 valence electrons. The van der Waals surface area contributed by atoms with Crippen molar-refractivity contribution in [3.05, 3.63) is 122 Å². The fraction of sp³-hybridized carbons (Fsp3) is 0.237. The number of carboxylic acids is 1. The second kappa shape index (κ2) is 33.8. The first kappa shape index (κ1) is 62.3. The first-order valence-corrected chi connectivity index (χ1v) is 31.9. The standard InChI is InChI=1S/C15H11ClN4O2S.C8H6N2O2S.C7H6Cl2O2.C4H3NO3.C3H4Cl2O.CH2Cl2.4ClH.Ti/c16-14-4-3-13(22-14)11-5-6-20(17-11)15(21)8-9-1-2-10-12(7-9)19-23-18-10;11-8(12)4-5-1-2-6-7(3-5)10-13-9-6;8-4-3-5(10)6-1-2-7(9)11-6;6-5(7)4-2-1-3-8-4;4-2-1-3(5)6;2-1-3;;;;;/h1-4,7H,5-6,8H2;1-3H,4H2,(H,11,12);1-2H,3-4H2;1-3H;1-2H2;1H2;4*1H;/q;;;;;;;;;;+4/p-4. The number of hydrogen-bond donors (Lipinski definition) is 1. The molecule has 8 rings (SSSR count). The number of benzene rings is 2. The van der Waals surface area contributed by atoms with Gasteiger partial charge in [-0.25, -0.2) is 5.01 Å². The van der Waals surface area contributed by atoms with E-state index in [0.29, 0.717) is 35.7 Å². The second-order valence-corrected chi connectivity index (χ2v) is 31.6. The van der Waals surface area contributed by atoms with Crippen LogP contribution in [0.4, 0.5) is 5.88 Å². The van der Waals surface area contributed by atoms with Crippen molar-refractivity contribution in [2.24, 2.45) is 5.10 Å². The number of amides is 1. The summed E-state index contributed by atoms with van der Waals surface area (Å²) in [4.78, 5) is 52.7. The van der Waals surface area contributed by atoms with Crippen molar-refractivity contribution in [2.75, 3.05) is 23.6 Å².